The van der Waals surface area contributed by atoms with Gasteiger partial charge in [-0.25, -0.2) is 9.59 Å². The normalized spacial score (nSPS) is 15.2. The van der Waals surface area contributed by atoms with Gasteiger partial charge < -0.3 is 20.2 Å². The second-order valence-electron chi connectivity index (χ2n) is 5.14. The SMILES string of the molecule is CCCC(C)CNC(=O)NC(C)(C(=O)O)c1ccco1. The van der Waals surface area contributed by atoms with E-state index < -0.39 is 17.5 Å². The van der Waals surface area contributed by atoms with E-state index in [-0.39, 0.29) is 5.76 Å². The van der Waals surface area contributed by atoms with Gasteiger partial charge in [0, 0.05) is 6.54 Å². The highest BCUT2D eigenvalue weighted by atomic mass is 16.4. The van der Waals surface area contributed by atoms with E-state index in [1.165, 1.54) is 19.3 Å². The minimum absolute atomic E-state index is 0.182. The van der Waals surface area contributed by atoms with Gasteiger partial charge in [-0.3, -0.25) is 0 Å². The Morgan fingerprint density at radius 2 is 2.20 bits per heavy atom. The van der Waals surface area contributed by atoms with Crippen LogP contribution in [-0.2, 0) is 10.3 Å². The molecule has 0 aliphatic carbocycles. The maximum absolute atomic E-state index is 11.8. The van der Waals surface area contributed by atoms with E-state index in [2.05, 4.69) is 17.6 Å². The molecule has 2 atom stereocenters. The maximum Gasteiger partial charge on any atom is 0.337 e. The Hall–Kier alpha value is -1.98. The average molecular weight is 282 g/mol. The third-order valence-corrected chi connectivity index (χ3v) is 3.20. The molecule has 0 aliphatic rings. The van der Waals surface area contributed by atoms with E-state index in [1.54, 1.807) is 6.07 Å². The molecule has 0 fully saturated rings. The number of carbonyl (C=O) groups is 2. The molecule has 0 spiro atoms. The molecule has 6 heteroatoms. The average Bonchev–Trinajstić information content (AvgIpc) is 2.90. The summed E-state index contributed by atoms with van der Waals surface area (Å²) in [5.41, 5.74) is -1.58. The lowest BCUT2D eigenvalue weighted by Gasteiger charge is -2.24. The minimum Gasteiger partial charge on any atom is -0.479 e. The zero-order valence-corrected chi connectivity index (χ0v) is 12.1. The standard InChI is InChI=1S/C14H22N2O4/c1-4-6-10(2)9-15-13(19)16-14(3,12(17)18)11-7-5-8-20-11/h5,7-8,10H,4,6,9H2,1-3H3,(H,17,18)(H2,15,16,19). The number of nitrogens with one attached hydrogen (secondary N) is 2. The van der Waals surface area contributed by atoms with Crippen LogP contribution in [0.1, 0.15) is 39.4 Å². The van der Waals surface area contributed by atoms with Crippen molar-refractivity contribution >= 4 is 12.0 Å². The van der Waals surface area contributed by atoms with E-state index in [1.807, 2.05) is 6.92 Å². The Morgan fingerprint density at radius 1 is 1.50 bits per heavy atom. The predicted molar refractivity (Wildman–Crippen MR) is 74.3 cm³/mol. The van der Waals surface area contributed by atoms with Crippen molar-refractivity contribution in [2.24, 2.45) is 5.92 Å². The van der Waals surface area contributed by atoms with Crippen LogP contribution >= 0.6 is 0 Å². The first-order chi connectivity index (χ1) is 9.40. The number of aliphatic carboxylic acids is 1. The van der Waals surface area contributed by atoms with Crippen LogP contribution in [-0.4, -0.2) is 23.7 Å². The number of amides is 2. The van der Waals surface area contributed by atoms with Crippen LogP contribution in [0.5, 0.6) is 0 Å². The van der Waals surface area contributed by atoms with Crippen molar-refractivity contribution in [3.05, 3.63) is 24.2 Å². The first-order valence-corrected chi connectivity index (χ1v) is 6.73. The Labute approximate surface area is 118 Å². The van der Waals surface area contributed by atoms with Crippen LogP contribution in [0.2, 0.25) is 0 Å². The minimum atomic E-state index is -1.58. The van der Waals surface area contributed by atoms with Gasteiger partial charge in [0.15, 0.2) is 5.54 Å². The molecule has 0 radical (unpaired) electrons. The van der Waals surface area contributed by atoms with Crippen molar-refractivity contribution in [1.29, 1.82) is 0 Å². The topological polar surface area (TPSA) is 91.6 Å². The second-order valence-corrected chi connectivity index (χ2v) is 5.14. The molecule has 1 rings (SSSR count). The third kappa shape index (κ3) is 4.01. The molecule has 0 bridgehead atoms. The van der Waals surface area contributed by atoms with Crippen LogP contribution in [0, 0.1) is 5.92 Å². The van der Waals surface area contributed by atoms with Crippen LogP contribution in [0.15, 0.2) is 22.8 Å². The molecule has 6 nitrogen and oxygen atoms in total. The Balaban J connectivity index is 2.63. The lowest BCUT2D eigenvalue weighted by Crippen LogP contribution is -2.53. The van der Waals surface area contributed by atoms with Crippen molar-refractivity contribution in [3.8, 4) is 0 Å². The molecule has 0 saturated carbocycles. The van der Waals surface area contributed by atoms with Gasteiger partial charge in [0.05, 0.1) is 6.26 Å². The lowest BCUT2D eigenvalue weighted by molar-refractivity contribution is -0.144. The maximum atomic E-state index is 11.8. The van der Waals surface area contributed by atoms with Crippen molar-refractivity contribution in [2.75, 3.05) is 6.54 Å². The number of hydrogen-bond donors (Lipinski definition) is 3. The summed E-state index contributed by atoms with van der Waals surface area (Å²) in [6.07, 6.45) is 3.43. The van der Waals surface area contributed by atoms with E-state index in [0.29, 0.717) is 12.5 Å². The number of carboxylic acids is 1. The van der Waals surface area contributed by atoms with E-state index >= 15 is 0 Å². The van der Waals surface area contributed by atoms with Crippen LogP contribution in [0.25, 0.3) is 0 Å². The van der Waals surface area contributed by atoms with Gasteiger partial charge in [0.1, 0.15) is 5.76 Å². The second kappa shape index (κ2) is 6.98. The molecular weight excluding hydrogens is 260 g/mol. The molecule has 0 saturated heterocycles. The lowest BCUT2D eigenvalue weighted by atomic mass is 9.99. The Bertz CT molecular complexity index is 444. The summed E-state index contributed by atoms with van der Waals surface area (Å²) in [4.78, 5) is 23.2. The summed E-state index contributed by atoms with van der Waals surface area (Å²) >= 11 is 0. The summed E-state index contributed by atoms with van der Waals surface area (Å²) in [6, 6.07) is 2.59. The molecular formula is C14H22N2O4. The fraction of sp³-hybridized carbons (Fsp3) is 0.571. The van der Waals surface area contributed by atoms with Gasteiger partial charge in [-0.15, -0.1) is 0 Å². The molecule has 1 aromatic rings. The van der Waals surface area contributed by atoms with Crippen LogP contribution in [0.3, 0.4) is 0 Å². The fourth-order valence-electron chi connectivity index (χ4n) is 1.92. The Morgan fingerprint density at radius 3 is 2.70 bits per heavy atom. The Kier molecular flexibility index (Phi) is 5.61. The number of carbonyl (C=O) groups excluding carboxylic acids is 1. The monoisotopic (exact) mass is 282 g/mol. The first kappa shape index (κ1) is 16.1. The largest absolute Gasteiger partial charge is 0.479 e. The van der Waals surface area contributed by atoms with Gasteiger partial charge >= 0.3 is 12.0 Å². The van der Waals surface area contributed by atoms with Gasteiger partial charge in [-0.1, -0.05) is 20.3 Å². The van der Waals surface area contributed by atoms with E-state index in [0.717, 1.165) is 12.8 Å². The number of urea groups is 1. The quantitative estimate of drug-likeness (QED) is 0.715. The molecule has 1 aromatic heterocycles. The number of hydrogen-bond acceptors (Lipinski definition) is 3. The van der Waals surface area contributed by atoms with Gasteiger partial charge in [-0.2, -0.15) is 0 Å². The van der Waals surface area contributed by atoms with Crippen molar-refractivity contribution in [1.82, 2.24) is 10.6 Å². The summed E-state index contributed by atoms with van der Waals surface area (Å²) in [6.45, 7) is 6.01. The van der Waals surface area contributed by atoms with Crippen molar-refractivity contribution in [3.63, 3.8) is 0 Å². The fourth-order valence-corrected chi connectivity index (χ4v) is 1.92. The van der Waals surface area contributed by atoms with Gasteiger partial charge in [-0.05, 0) is 31.4 Å². The highest BCUT2D eigenvalue weighted by molar-refractivity contribution is 5.86. The molecule has 112 valence electrons. The molecule has 0 aliphatic heterocycles. The van der Waals surface area contributed by atoms with Crippen LogP contribution in [0.4, 0.5) is 4.79 Å². The molecule has 2 amide bonds. The zero-order valence-electron chi connectivity index (χ0n) is 12.1. The molecule has 0 aromatic carbocycles. The smallest absolute Gasteiger partial charge is 0.337 e. The van der Waals surface area contributed by atoms with Crippen LogP contribution < -0.4 is 10.6 Å². The molecule has 3 N–H and O–H groups in total. The van der Waals surface area contributed by atoms with E-state index in [9.17, 15) is 14.7 Å². The van der Waals surface area contributed by atoms with Gasteiger partial charge in [0.25, 0.3) is 0 Å². The first-order valence-electron chi connectivity index (χ1n) is 6.73. The number of carboxylic acid groups (broad SMARTS) is 1. The number of rotatable bonds is 7. The number of furan rings is 1. The summed E-state index contributed by atoms with van der Waals surface area (Å²) in [5, 5.41) is 14.4. The van der Waals surface area contributed by atoms with Crippen molar-refractivity contribution in [2.45, 2.75) is 39.2 Å². The highest BCUT2D eigenvalue weighted by Crippen LogP contribution is 2.21. The molecule has 20 heavy (non-hydrogen) atoms. The summed E-state index contributed by atoms with van der Waals surface area (Å²) < 4.78 is 5.10. The summed E-state index contributed by atoms with van der Waals surface area (Å²) in [5.74, 6) is -0.642. The van der Waals surface area contributed by atoms with Gasteiger partial charge in [0.2, 0.25) is 0 Å². The molecule has 2 unspecified atom stereocenters. The van der Waals surface area contributed by atoms with Crippen molar-refractivity contribution < 1.29 is 19.1 Å². The highest BCUT2D eigenvalue weighted by Gasteiger charge is 2.39. The van der Waals surface area contributed by atoms with E-state index in [4.69, 9.17) is 4.42 Å². The third-order valence-electron chi connectivity index (χ3n) is 3.20. The molecule has 1 heterocycles. The zero-order chi connectivity index (χ0) is 15.2. The predicted octanol–water partition coefficient (Wildman–Crippen LogP) is 2.31. The summed E-state index contributed by atoms with van der Waals surface area (Å²) in [7, 11) is 0.